The Hall–Kier alpha value is -1.56. The molecule has 1 aliphatic carbocycles. The van der Waals surface area contributed by atoms with Crippen LogP contribution in [-0.2, 0) is 5.41 Å². The molecule has 2 aromatic rings. The third-order valence-electron chi connectivity index (χ3n) is 4.23. The second-order valence-electron chi connectivity index (χ2n) is 4.72. The molecular weight excluding hydrogens is 204 g/mol. The van der Waals surface area contributed by atoms with Crippen molar-refractivity contribution in [2.24, 2.45) is 0 Å². The van der Waals surface area contributed by atoms with Gasteiger partial charge in [0.15, 0.2) is 0 Å². The standard InChI is InChI=1S/C17H16/c1-3-17(4-2)15-11-7-5-9-13(15)14-10-6-8-12-16(14)17/h5-7,9,11-12H,3-4H2,1-2H3. The van der Waals surface area contributed by atoms with Gasteiger partial charge in [-0.1, -0.05) is 38.1 Å². The van der Waals surface area contributed by atoms with E-state index >= 15 is 0 Å². The molecular formula is C17H16. The van der Waals surface area contributed by atoms with E-state index in [-0.39, 0.29) is 5.41 Å². The molecule has 0 spiro atoms. The Kier molecular flexibility index (Phi) is 2.32. The third-order valence-corrected chi connectivity index (χ3v) is 4.23. The maximum absolute atomic E-state index is 3.37. The largest absolute Gasteiger partial charge is 0.0642 e. The fraction of sp³-hybridized carbons (Fsp3) is 0.294. The highest BCUT2D eigenvalue weighted by molar-refractivity contribution is 5.80. The van der Waals surface area contributed by atoms with Gasteiger partial charge in [0, 0.05) is 5.41 Å². The van der Waals surface area contributed by atoms with Gasteiger partial charge in [-0.25, -0.2) is 0 Å². The molecule has 0 unspecified atom stereocenters. The lowest BCUT2D eigenvalue weighted by Gasteiger charge is -2.29. The molecule has 17 heavy (non-hydrogen) atoms. The minimum Gasteiger partial charge on any atom is -0.0642 e. The zero-order chi connectivity index (χ0) is 11.9. The fourth-order valence-electron chi connectivity index (χ4n) is 3.26. The highest BCUT2D eigenvalue weighted by atomic mass is 14.4. The monoisotopic (exact) mass is 220 g/mol. The number of hydrogen-bond acceptors (Lipinski definition) is 0. The first-order chi connectivity index (χ1) is 8.33. The summed E-state index contributed by atoms with van der Waals surface area (Å²) in [5, 5.41) is 0. The van der Waals surface area contributed by atoms with Crippen LogP contribution in [0.1, 0.15) is 37.8 Å². The fourth-order valence-corrected chi connectivity index (χ4v) is 3.26. The molecule has 0 bridgehead atoms. The molecule has 84 valence electrons. The van der Waals surface area contributed by atoms with Crippen LogP contribution in [0.3, 0.4) is 0 Å². The maximum atomic E-state index is 3.37. The lowest BCUT2D eigenvalue weighted by molar-refractivity contribution is 0.490. The summed E-state index contributed by atoms with van der Waals surface area (Å²) in [5.74, 6) is 0. The summed E-state index contributed by atoms with van der Waals surface area (Å²) in [6.45, 7) is 4.56. The van der Waals surface area contributed by atoms with Crippen LogP contribution in [0, 0.1) is 12.1 Å². The normalized spacial score (nSPS) is 15.4. The molecule has 2 radical (unpaired) electrons. The molecule has 3 rings (SSSR count). The summed E-state index contributed by atoms with van der Waals surface area (Å²) in [6.07, 6.45) is 2.28. The van der Waals surface area contributed by atoms with Crippen LogP contribution in [-0.4, -0.2) is 0 Å². The Morgan fingerprint density at radius 3 is 2.59 bits per heavy atom. The van der Waals surface area contributed by atoms with Gasteiger partial charge in [0.1, 0.15) is 0 Å². The second kappa shape index (κ2) is 3.73. The molecule has 0 nitrogen and oxygen atoms in total. The van der Waals surface area contributed by atoms with Crippen molar-refractivity contribution in [1.29, 1.82) is 0 Å². The van der Waals surface area contributed by atoms with Gasteiger partial charge in [-0.05, 0) is 59.4 Å². The SMILES string of the molecule is CCC1(CC)c2c[c]c[c]c2-c2ccccc21. The zero-order valence-electron chi connectivity index (χ0n) is 10.4. The second-order valence-corrected chi connectivity index (χ2v) is 4.72. The van der Waals surface area contributed by atoms with E-state index in [0.29, 0.717) is 0 Å². The van der Waals surface area contributed by atoms with Crippen molar-refractivity contribution in [3.63, 3.8) is 0 Å². The summed E-state index contributed by atoms with van der Waals surface area (Å²) >= 11 is 0. The van der Waals surface area contributed by atoms with Crippen LogP contribution in [0.5, 0.6) is 0 Å². The summed E-state index contributed by atoms with van der Waals surface area (Å²) < 4.78 is 0. The van der Waals surface area contributed by atoms with Crippen LogP contribution in [0.25, 0.3) is 11.1 Å². The number of hydrogen-bond donors (Lipinski definition) is 0. The summed E-state index contributed by atoms with van der Waals surface area (Å²) in [5.41, 5.74) is 5.70. The smallest absolute Gasteiger partial charge is 0.0210 e. The van der Waals surface area contributed by atoms with Gasteiger partial charge in [0.2, 0.25) is 0 Å². The Morgan fingerprint density at radius 1 is 1.06 bits per heavy atom. The van der Waals surface area contributed by atoms with Crippen LogP contribution >= 0.6 is 0 Å². The molecule has 0 fully saturated rings. The average Bonchev–Trinajstić information content (AvgIpc) is 2.70. The van der Waals surface area contributed by atoms with Crippen molar-refractivity contribution >= 4 is 0 Å². The van der Waals surface area contributed by atoms with Crippen LogP contribution in [0.4, 0.5) is 0 Å². The molecule has 0 saturated carbocycles. The predicted octanol–water partition coefficient (Wildman–Crippen LogP) is 4.37. The minimum absolute atomic E-state index is 0.181. The summed E-state index contributed by atoms with van der Waals surface area (Å²) in [7, 11) is 0. The average molecular weight is 220 g/mol. The van der Waals surface area contributed by atoms with E-state index in [2.05, 4.69) is 56.3 Å². The van der Waals surface area contributed by atoms with Gasteiger partial charge < -0.3 is 0 Å². The molecule has 0 amide bonds. The Morgan fingerprint density at radius 2 is 1.82 bits per heavy atom. The van der Waals surface area contributed by atoms with E-state index in [0.717, 1.165) is 12.8 Å². The highest BCUT2D eigenvalue weighted by Gasteiger charge is 2.39. The minimum atomic E-state index is 0.181. The molecule has 0 N–H and O–H groups in total. The molecule has 0 saturated heterocycles. The van der Waals surface area contributed by atoms with Crippen molar-refractivity contribution in [3.8, 4) is 11.1 Å². The molecule has 0 aromatic heterocycles. The Balaban J connectivity index is 2.38. The Labute approximate surface area is 103 Å². The maximum Gasteiger partial charge on any atom is 0.0210 e. The first kappa shape index (κ1) is 10.6. The van der Waals surface area contributed by atoms with E-state index < -0.39 is 0 Å². The van der Waals surface area contributed by atoms with Crippen LogP contribution in [0.15, 0.2) is 36.4 Å². The topological polar surface area (TPSA) is 0 Å². The lowest BCUT2D eigenvalue weighted by atomic mass is 9.74. The molecule has 1 aliphatic rings. The van der Waals surface area contributed by atoms with Gasteiger partial charge in [-0.3, -0.25) is 0 Å². The van der Waals surface area contributed by atoms with Crippen molar-refractivity contribution in [1.82, 2.24) is 0 Å². The van der Waals surface area contributed by atoms with E-state index in [9.17, 15) is 0 Å². The molecule has 2 aromatic carbocycles. The first-order valence-electron chi connectivity index (χ1n) is 6.35. The summed E-state index contributed by atoms with van der Waals surface area (Å²) in [6, 6.07) is 19.4. The van der Waals surface area contributed by atoms with Crippen molar-refractivity contribution in [2.75, 3.05) is 0 Å². The van der Waals surface area contributed by atoms with Crippen molar-refractivity contribution in [3.05, 3.63) is 59.7 Å². The zero-order valence-corrected chi connectivity index (χ0v) is 10.4. The van der Waals surface area contributed by atoms with E-state index in [4.69, 9.17) is 0 Å². The number of benzene rings is 2. The van der Waals surface area contributed by atoms with Crippen LogP contribution < -0.4 is 0 Å². The first-order valence-corrected chi connectivity index (χ1v) is 6.35. The van der Waals surface area contributed by atoms with E-state index in [1.807, 2.05) is 6.07 Å². The van der Waals surface area contributed by atoms with Crippen molar-refractivity contribution < 1.29 is 0 Å². The van der Waals surface area contributed by atoms with Gasteiger partial charge >= 0.3 is 0 Å². The molecule has 0 atom stereocenters. The quantitative estimate of drug-likeness (QED) is 0.704. The van der Waals surface area contributed by atoms with E-state index in [1.54, 1.807) is 0 Å². The van der Waals surface area contributed by atoms with Gasteiger partial charge in [0.05, 0.1) is 0 Å². The molecule has 0 heteroatoms. The third kappa shape index (κ3) is 1.24. The lowest BCUT2D eigenvalue weighted by Crippen LogP contribution is -2.22. The molecule has 0 heterocycles. The van der Waals surface area contributed by atoms with Gasteiger partial charge in [-0.2, -0.15) is 0 Å². The van der Waals surface area contributed by atoms with Gasteiger partial charge in [0.25, 0.3) is 0 Å². The van der Waals surface area contributed by atoms with Gasteiger partial charge in [-0.15, -0.1) is 0 Å². The van der Waals surface area contributed by atoms with E-state index in [1.165, 1.54) is 22.3 Å². The van der Waals surface area contributed by atoms with Crippen LogP contribution in [0.2, 0.25) is 0 Å². The van der Waals surface area contributed by atoms with Crippen molar-refractivity contribution in [2.45, 2.75) is 32.1 Å². The summed E-state index contributed by atoms with van der Waals surface area (Å²) in [4.78, 5) is 0. The Bertz CT molecular complexity index is 500. The molecule has 0 aliphatic heterocycles. The highest BCUT2D eigenvalue weighted by Crippen LogP contribution is 2.51. The number of rotatable bonds is 2. The number of fused-ring (bicyclic) bond motifs is 3. The predicted molar refractivity (Wildman–Crippen MR) is 70.9 cm³/mol.